The van der Waals surface area contributed by atoms with Crippen molar-refractivity contribution in [2.45, 2.75) is 0 Å². The number of halogens is 2. The van der Waals surface area contributed by atoms with Gasteiger partial charge in [-0.3, -0.25) is 0 Å². The van der Waals surface area contributed by atoms with Crippen LogP contribution in [0, 0.1) is 9.54 Å². The highest BCUT2D eigenvalue weighted by molar-refractivity contribution is 9.10. The van der Waals surface area contributed by atoms with Gasteiger partial charge < -0.3 is 0 Å². The summed E-state index contributed by atoms with van der Waals surface area (Å²) < 4.78 is 6.18. The molecule has 2 heterocycles. The number of hydrogen-bond acceptors (Lipinski definition) is 6. The lowest BCUT2D eigenvalue weighted by Gasteiger charge is -2.01. The molecule has 0 amide bonds. The van der Waals surface area contributed by atoms with Gasteiger partial charge in [0, 0.05) is 20.1 Å². The molecule has 0 atom stereocenters. The van der Waals surface area contributed by atoms with Gasteiger partial charge in [-0.2, -0.15) is 29.8 Å². The maximum atomic E-state index is 5.24. The van der Waals surface area contributed by atoms with Gasteiger partial charge >= 0.3 is 0 Å². The van der Waals surface area contributed by atoms with Crippen molar-refractivity contribution in [3.8, 4) is 22.8 Å². The molecule has 6 aromatic rings. The number of nitrogens with one attached hydrogen (secondary N) is 2. The van der Waals surface area contributed by atoms with Crippen LogP contribution in [0.3, 0.4) is 0 Å². The number of H-pyrrole nitrogens is 2. The lowest BCUT2D eigenvalue weighted by molar-refractivity contribution is 0.871. The zero-order chi connectivity index (χ0) is 29.3. The van der Waals surface area contributed by atoms with Crippen molar-refractivity contribution in [3.63, 3.8) is 0 Å². The highest BCUT2D eigenvalue weighted by Gasteiger charge is 2.08. The van der Waals surface area contributed by atoms with Crippen LogP contribution in [-0.2, 0) is 0 Å². The molecule has 42 heavy (non-hydrogen) atoms. The summed E-state index contributed by atoms with van der Waals surface area (Å²) in [5.74, 6) is 1.36. The molecule has 0 aliphatic carbocycles. The number of nitrogens with zero attached hydrogens (tertiary/aromatic N) is 6. The molecule has 0 spiro atoms. The average Bonchev–Trinajstić information content (AvgIpc) is 3.58. The Morgan fingerprint density at radius 2 is 0.905 bits per heavy atom. The van der Waals surface area contributed by atoms with Gasteiger partial charge in [0.25, 0.3) is 0 Å². The molecule has 4 aromatic carbocycles. The van der Waals surface area contributed by atoms with E-state index in [0.29, 0.717) is 21.2 Å². The van der Waals surface area contributed by atoms with E-state index in [2.05, 4.69) is 62.5 Å². The molecule has 8 nitrogen and oxygen atoms in total. The van der Waals surface area contributed by atoms with Crippen molar-refractivity contribution >= 4 is 68.7 Å². The van der Waals surface area contributed by atoms with E-state index in [1.54, 1.807) is 21.8 Å². The predicted molar refractivity (Wildman–Crippen MR) is 180 cm³/mol. The molecule has 2 aromatic heterocycles. The molecule has 0 radical (unpaired) electrons. The second-order valence-electron chi connectivity index (χ2n) is 8.65. The predicted octanol–water partition coefficient (Wildman–Crippen LogP) is 8.50. The Morgan fingerprint density at radius 1 is 0.548 bits per heavy atom. The van der Waals surface area contributed by atoms with Gasteiger partial charge in [-0.1, -0.05) is 117 Å². The third-order valence-corrected chi connectivity index (χ3v) is 7.34. The van der Waals surface area contributed by atoms with E-state index in [1.807, 2.05) is 109 Å². The molecule has 0 bridgehead atoms. The van der Waals surface area contributed by atoms with Crippen molar-refractivity contribution in [3.05, 3.63) is 139 Å². The minimum absolute atomic E-state index is 0.458. The van der Waals surface area contributed by atoms with Crippen LogP contribution in [0.15, 0.2) is 128 Å². The fourth-order valence-corrected chi connectivity index (χ4v) is 4.58. The lowest BCUT2D eigenvalue weighted by Crippen LogP contribution is -1.94. The van der Waals surface area contributed by atoms with E-state index in [-0.39, 0.29) is 0 Å². The normalized spacial score (nSPS) is 11.1. The van der Waals surface area contributed by atoms with Crippen molar-refractivity contribution in [1.82, 2.24) is 29.7 Å². The number of hydrogen-bond donors (Lipinski definition) is 2. The van der Waals surface area contributed by atoms with Crippen molar-refractivity contribution < 1.29 is 0 Å². The van der Waals surface area contributed by atoms with Crippen LogP contribution >= 0.6 is 56.3 Å². The molecule has 0 unspecified atom stereocenters. The van der Waals surface area contributed by atoms with Crippen molar-refractivity contribution in [1.29, 1.82) is 0 Å². The summed E-state index contributed by atoms with van der Waals surface area (Å²) in [4.78, 5) is 0. The first-order valence-corrected chi connectivity index (χ1v) is 14.9. The van der Waals surface area contributed by atoms with E-state index in [1.165, 1.54) is 0 Å². The highest BCUT2D eigenvalue weighted by atomic mass is 79.9. The van der Waals surface area contributed by atoms with Gasteiger partial charge in [0.15, 0.2) is 11.6 Å². The second-order valence-corrected chi connectivity index (χ2v) is 11.3. The summed E-state index contributed by atoms with van der Waals surface area (Å²) in [6.45, 7) is 0. The molecule has 0 aliphatic heterocycles. The zero-order valence-corrected chi connectivity index (χ0v) is 26.6. The molecule has 208 valence electrons. The molecular weight excluding hydrogens is 696 g/mol. The Kier molecular flexibility index (Phi) is 9.93. The molecule has 0 saturated heterocycles. The number of aromatic amines is 2. The van der Waals surface area contributed by atoms with E-state index in [9.17, 15) is 0 Å². The van der Waals surface area contributed by atoms with Gasteiger partial charge in [-0.25, -0.2) is 10.2 Å². The average molecular weight is 719 g/mol. The van der Waals surface area contributed by atoms with Crippen LogP contribution in [0.2, 0.25) is 0 Å². The van der Waals surface area contributed by atoms with Crippen LogP contribution in [0.25, 0.3) is 22.8 Å². The van der Waals surface area contributed by atoms with Crippen LogP contribution in [0.5, 0.6) is 0 Å². The lowest BCUT2D eigenvalue weighted by atomic mass is 10.2. The molecule has 0 aliphatic rings. The Labute approximate surface area is 268 Å². The monoisotopic (exact) mass is 716 g/mol. The molecule has 2 N–H and O–H groups in total. The molecule has 12 heteroatoms. The second kappa shape index (κ2) is 14.2. The largest absolute Gasteiger partial charge is 0.250 e. The van der Waals surface area contributed by atoms with E-state index in [0.717, 1.165) is 31.2 Å². The number of rotatable bonds is 6. The Hall–Kier alpha value is -4.10. The molecule has 6 rings (SSSR count). The van der Waals surface area contributed by atoms with E-state index < -0.39 is 0 Å². The van der Waals surface area contributed by atoms with Crippen molar-refractivity contribution in [2.24, 2.45) is 10.2 Å². The highest BCUT2D eigenvalue weighted by Crippen LogP contribution is 2.21. The first kappa shape index (κ1) is 29.4. The van der Waals surface area contributed by atoms with Gasteiger partial charge in [-0.05, 0) is 59.8 Å². The Morgan fingerprint density at radius 3 is 1.26 bits per heavy atom. The minimum atomic E-state index is 0.458. The summed E-state index contributed by atoms with van der Waals surface area (Å²) in [5.41, 5.74) is 3.89. The van der Waals surface area contributed by atoms with Gasteiger partial charge in [0.2, 0.25) is 9.54 Å². The van der Waals surface area contributed by atoms with Gasteiger partial charge in [-0.15, -0.1) is 0 Å². The molecule has 0 saturated carbocycles. The summed E-state index contributed by atoms with van der Waals surface area (Å²) in [6, 6.07) is 35.4. The summed E-state index contributed by atoms with van der Waals surface area (Å²) in [5, 5.41) is 22.9. The zero-order valence-electron chi connectivity index (χ0n) is 21.8. The smallest absolute Gasteiger partial charge is 0.216 e. The van der Waals surface area contributed by atoms with Crippen LogP contribution < -0.4 is 0 Å². The molecule has 0 fully saturated rings. The first-order chi connectivity index (χ1) is 20.5. The fraction of sp³-hybridized carbons (Fsp3) is 0. The Bertz CT molecular complexity index is 1780. The SMILES string of the molecule is S=c1[nH]nc(-c2ccc(Br)cc2)n1N=Cc1ccccc1.S=c1[nH]nc(-c2ccc(Br)cc2)n1N=Cc1ccccc1. The maximum absolute atomic E-state index is 5.24. The summed E-state index contributed by atoms with van der Waals surface area (Å²) in [7, 11) is 0. The first-order valence-electron chi connectivity index (χ1n) is 12.5. The minimum Gasteiger partial charge on any atom is -0.250 e. The van der Waals surface area contributed by atoms with Crippen molar-refractivity contribution in [2.75, 3.05) is 0 Å². The van der Waals surface area contributed by atoms with Crippen LogP contribution in [0.1, 0.15) is 11.1 Å². The number of benzene rings is 4. The summed E-state index contributed by atoms with van der Waals surface area (Å²) in [6.07, 6.45) is 3.52. The standard InChI is InChI=1S/2C15H11BrN4S/c2*16-13-8-6-12(7-9-13)14-18-19-15(21)20(14)17-10-11-4-2-1-3-5-11/h2*1-10H,(H,19,21). The van der Waals surface area contributed by atoms with Gasteiger partial charge in [0.05, 0.1) is 12.4 Å². The van der Waals surface area contributed by atoms with Crippen LogP contribution in [-0.4, -0.2) is 42.2 Å². The quantitative estimate of drug-likeness (QED) is 0.134. The van der Waals surface area contributed by atoms with Gasteiger partial charge in [0.1, 0.15) is 0 Å². The number of aromatic nitrogens is 6. The molecular formula is C30H22Br2N8S2. The fourth-order valence-electron chi connectivity index (χ4n) is 3.70. The van der Waals surface area contributed by atoms with E-state index >= 15 is 0 Å². The topological polar surface area (TPSA) is 91.9 Å². The summed E-state index contributed by atoms with van der Waals surface area (Å²) >= 11 is 17.3. The van der Waals surface area contributed by atoms with E-state index in [4.69, 9.17) is 24.4 Å². The maximum Gasteiger partial charge on any atom is 0.216 e. The third kappa shape index (κ3) is 7.59. The third-order valence-electron chi connectivity index (χ3n) is 5.75. The Balaban J connectivity index is 0.000000168. The van der Waals surface area contributed by atoms with Crippen LogP contribution in [0.4, 0.5) is 0 Å².